The van der Waals surface area contributed by atoms with Gasteiger partial charge in [-0.15, -0.1) is 0 Å². The Kier molecular flexibility index (Phi) is 4.09. The second-order valence-electron chi connectivity index (χ2n) is 5.02. The minimum atomic E-state index is -0.620. The van der Waals surface area contributed by atoms with Crippen molar-refractivity contribution in [2.24, 2.45) is 7.05 Å². The largest absolute Gasteiger partial charge is 0.336 e. The molecule has 2 amide bonds. The summed E-state index contributed by atoms with van der Waals surface area (Å²) in [7, 11) is 1.84. The summed E-state index contributed by atoms with van der Waals surface area (Å²) < 4.78 is 2.90. The quantitative estimate of drug-likeness (QED) is 0.433. The number of hydrogen-bond acceptors (Lipinski definition) is 5. The van der Waals surface area contributed by atoms with E-state index in [1.54, 1.807) is 24.5 Å². The Labute approximate surface area is 142 Å². The van der Waals surface area contributed by atoms with Crippen LogP contribution in [0.3, 0.4) is 0 Å². The number of fused-ring (bicyclic) bond motifs is 1. The Hall–Kier alpha value is -3.07. The SMILES string of the molecule is Cn1cnc2c(N(S)C(=O)Nc3ccccc3[N+](=O)[O-])cccc21. The minimum Gasteiger partial charge on any atom is -0.334 e. The molecule has 9 heteroatoms. The molecule has 0 unspecified atom stereocenters. The van der Waals surface area contributed by atoms with Gasteiger partial charge in [-0.2, -0.15) is 0 Å². The molecule has 1 heterocycles. The first-order valence-corrected chi connectivity index (χ1v) is 7.32. The van der Waals surface area contributed by atoms with E-state index in [2.05, 4.69) is 23.1 Å². The summed E-state index contributed by atoms with van der Waals surface area (Å²) in [6.07, 6.45) is 1.63. The first-order chi connectivity index (χ1) is 11.5. The van der Waals surface area contributed by atoms with Crippen LogP contribution in [0.15, 0.2) is 48.8 Å². The van der Waals surface area contributed by atoms with Crippen LogP contribution < -0.4 is 9.62 Å². The highest BCUT2D eigenvalue weighted by molar-refractivity contribution is 7.82. The average Bonchev–Trinajstić information content (AvgIpc) is 2.96. The highest BCUT2D eigenvalue weighted by Gasteiger charge is 2.20. The topological polar surface area (TPSA) is 93.3 Å². The molecule has 0 saturated heterocycles. The molecule has 0 atom stereocenters. The first kappa shape index (κ1) is 15.8. The monoisotopic (exact) mass is 343 g/mol. The molecule has 0 saturated carbocycles. The van der Waals surface area contributed by atoms with Crippen LogP contribution in [0.4, 0.5) is 21.9 Å². The van der Waals surface area contributed by atoms with Crippen molar-refractivity contribution in [3.05, 3.63) is 58.9 Å². The molecule has 3 rings (SSSR count). The van der Waals surface area contributed by atoms with Gasteiger partial charge in [-0.25, -0.2) is 14.1 Å². The third kappa shape index (κ3) is 2.76. The number of aryl methyl sites for hydroxylation is 1. The molecule has 0 aliphatic carbocycles. The van der Waals surface area contributed by atoms with E-state index in [1.165, 1.54) is 18.2 Å². The molecule has 1 N–H and O–H groups in total. The number of anilines is 2. The third-order valence-electron chi connectivity index (χ3n) is 3.50. The highest BCUT2D eigenvalue weighted by Crippen LogP contribution is 2.28. The number of nitro groups is 1. The number of nitro benzene ring substituents is 1. The highest BCUT2D eigenvalue weighted by atomic mass is 32.1. The molecule has 3 aromatic rings. The van der Waals surface area contributed by atoms with Gasteiger partial charge in [-0.05, 0) is 18.2 Å². The average molecular weight is 343 g/mol. The summed E-state index contributed by atoms with van der Waals surface area (Å²) in [5, 5.41) is 13.5. The molecule has 0 aliphatic rings. The van der Waals surface area contributed by atoms with Crippen molar-refractivity contribution < 1.29 is 9.72 Å². The lowest BCUT2D eigenvalue weighted by atomic mass is 10.2. The summed E-state index contributed by atoms with van der Waals surface area (Å²) in [5.41, 5.74) is 1.83. The van der Waals surface area contributed by atoms with Crippen LogP contribution in [0.2, 0.25) is 0 Å². The number of carbonyl (C=O) groups is 1. The normalized spacial score (nSPS) is 10.6. The fraction of sp³-hybridized carbons (Fsp3) is 0.0667. The number of benzene rings is 2. The van der Waals surface area contributed by atoms with Gasteiger partial charge in [0.15, 0.2) is 0 Å². The predicted octanol–water partition coefficient (Wildman–Crippen LogP) is 3.36. The van der Waals surface area contributed by atoms with Crippen LogP contribution in [-0.2, 0) is 7.05 Å². The van der Waals surface area contributed by atoms with Gasteiger partial charge in [0.1, 0.15) is 11.2 Å². The summed E-state index contributed by atoms with van der Waals surface area (Å²) in [4.78, 5) is 27.1. The van der Waals surface area contributed by atoms with E-state index in [-0.39, 0.29) is 11.4 Å². The van der Waals surface area contributed by atoms with E-state index in [0.29, 0.717) is 11.2 Å². The zero-order valence-corrected chi connectivity index (χ0v) is 13.5. The maximum Gasteiger partial charge on any atom is 0.336 e. The Bertz CT molecular complexity index is 940. The lowest BCUT2D eigenvalue weighted by Gasteiger charge is -2.17. The molecule has 0 fully saturated rings. The number of aromatic nitrogens is 2. The van der Waals surface area contributed by atoms with Crippen LogP contribution in [-0.4, -0.2) is 20.5 Å². The van der Waals surface area contributed by atoms with Crippen molar-refractivity contribution >= 4 is 46.9 Å². The third-order valence-corrected chi connectivity index (χ3v) is 3.89. The van der Waals surface area contributed by atoms with Crippen molar-refractivity contribution in [3.8, 4) is 0 Å². The van der Waals surface area contributed by atoms with Crippen LogP contribution in [0.5, 0.6) is 0 Å². The lowest BCUT2D eigenvalue weighted by Crippen LogP contribution is -2.27. The van der Waals surface area contributed by atoms with Crippen molar-refractivity contribution in [1.29, 1.82) is 0 Å². The van der Waals surface area contributed by atoms with Gasteiger partial charge in [0.25, 0.3) is 5.69 Å². The van der Waals surface area contributed by atoms with Crippen LogP contribution in [0.1, 0.15) is 0 Å². The maximum atomic E-state index is 12.4. The molecular weight excluding hydrogens is 330 g/mol. The molecule has 1 aromatic heterocycles. The number of carbonyl (C=O) groups excluding carboxylic acids is 1. The number of amides is 2. The first-order valence-electron chi connectivity index (χ1n) is 6.92. The molecule has 0 bridgehead atoms. The van der Waals surface area contributed by atoms with E-state index < -0.39 is 11.0 Å². The van der Waals surface area contributed by atoms with Gasteiger partial charge in [-0.3, -0.25) is 10.1 Å². The molecule has 0 radical (unpaired) electrons. The van der Waals surface area contributed by atoms with E-state index in [4.69, 9.17) is 0 Å². The summed E-state index contributed by atoms with van der Waals surface area (Å²) >= 11 is 4.22. The molecule has 0 spiro atoms. The molecule has 24 heavy (non-hydrogen) atoms. The smallest absolute Gasteiger partial charge is 0.334 e. The number of nitrogens with one attached hydrogen (secondary N) is 1. The van der Waals surface area contributed by atoms with E-state index in [1.807, 2.05) is 17.7 Å². The number of para-hydroxylation sites is 3. The molecule has 0 aliphatic heterocycles. The summed E-state index contributed by atoms with van der Waals surface area (Å²) in [6.45, 7) is 0. The van der Waals surface area contributed by atoms with Crippen LogP contribution >= 0.6 is 12.8 Å². The van der Waals surface area contributed by atoms with Crippen molar-refractivity contribution in [1.82, 2.24) is 9.55 Å². The van der Waals surface area contributed by atoms with Gasteiger partial charge in [0.2, 0.25) is 0 Å². The van der Waals surface area contributed by atoms with Crippen molar-refractivity contribution in [2.45, 2.75) is 0 Å². The summed E-state index contributed by atoms with van der Waals surface area (Å²) in [5.74, 6) is 0. The van der Waals surface area contributed by atoms with E-state index >= 15 is 0 Å². The molecule has 2 aromatic carbocycles. The van der Waals surface area contributed by atoms with Gasteiger partial charge in [0.05, 0.1) is 22.5 Å². The fourth-order valence-corrected chi connectivity index (χ4v) is 2.54. The second kappa shape index (κ2) is 6.20. The van der Waals surface area contributed by atoms with Gasteiger partial charge in [-0.1, -0.05) is 31.0 Å². The molecule has 8 nitrogen and oxygen atoms in total. The standard InChI is InChI=1S/C15H13N5O3S/c1-18-9-16-14-12(18)7-4-8-13(14)19(24)15(21)17-10-5-2-3-6-11(10)20(22)23/h2-9,24H,1H3,(H,17,21). The van der Waals surface area contributed by atoms with Crippen molar-refractivity contribution in [2.75, 3.05) is 9.62 Å². The van der Waals surface area contributed by atoms with Crippen molar-refractivity contribution in [3.63, 3.8) is 0 Å². The fourth-order valence-electron chi connectivity index (χ4n) is 2.33. The Balaban J connectivity index is 1.91. The number of rotatable bonds is 3. The van der Waals surface area contributed by atoms with E-state index in [0.717, 1.165) is 9.82 Å². The minimum absolute atomic E-state index is 0.0970. The number of imidazole rings is 1. The van der Waals surface area contributed by atoms with Gasteiger partial charge in [0, 0.05) is 13.1 Å². The summed E-state index contributed by atoms with van der Waals surface area (Å²) in [6, 6.07) is 10.6. The Morgan fingerprint density at radius 3 is 2.79 bits per heavy atom. The van der Waals surface area contributed by atoms with Crippen LogP contribution in [0.25, 0.3) is 11.0 Å². The second-order valence-corrected chi connectivity index (χ2v) is 5.42. The van der Waals surface area contributed by atoms with Gasteiger partial charge < -0.3 is 9.88 Å². The zero-order chi connectivity index (χ0) is 17.3. The molecular formula is C15H13N5O3S. The van der Waals surface area contributed by atoms with Crippen LogP contribution in [0, 0.1) is 10.1 Å². The van der Waals surface area contributed by atoms with E-state index in [9.17, 15) is 14.9 Å². The molecule has 122 valence electrons. The predicted molar refractivity (Wildman–Crippen MR) is 94.3 cm³/mol. The van der Waals surface area contributed by atoms with Gasteiger partial charge >= 0.3 is 6.03 Å². The lowest BCUT2D eigenvalue weighted by molar-refractivity contribution is -0.383. The number of nitrogens with zero attached hydrogens (tertiary/aromatic N) is 4. The Morgan fingerprint density at radius 1 is 1.29 bits per heavy atom. The maximum absolute atomic E-state index is 12.4. The number of hydrogen-bond donors (Lipinski definition) is 2. The number of thiol groups is 1. The zero-order valence-electron chi connectivity index (χ0n) is 12.6. The number of urea groups is 1. The Morgan fingerprint density at radius 2 is 2.04 bits per heavy atom.